The maximum Gasteiger partial charge on any atom is 0.407 e. The molecule has 8 heteroatoms. The number of nitrogens with one attached hydrogen (secondary N) is 2. The van der Waals surface area contributed by atoms with Crippen LogP contribution in [0.25, 0.3) is 0 Å². The minimum Gasteiger partial charge on any atom is -0.450 e. The average molecular weight is 454 g/mol. The van der Waals surface area contributed by atoms with Crippen molar-refractivity contribution in [2.24, 2.45) is 10.9 Å². The van der Waals surface area contributed by atoms with E-state index in [1.165, 1.54) is 0 Å². The fourth-order valence-corrected chi connectivity index (χ4v) is 2.82. The average Bonchev–Trinajstić information content (AvgIpc) is 3.36. The van der Waals surface area contributed by atoms with Crippen molar-refractivity contribution in [2.45, 2.75) is 51.7 Å². The maximum absolute atomic E-state index is 11.7. The molecular weight excluding hydrogens is 423 g/mol. The molecule has 2 rings (SSSR count). The largest absolute Gasteiger partial charge is 0.450 e. The minimum absolute atomic E-state index is 0. The van der Waals surface area contributed by atoms with Gasteiger partial charge < -0.3 is 25.4 Å². The molecular formula is C16H31IN4O3. The summed E-state index contributed by atoms with van der Waals surface area (Å²) in [5.41, 5.74) is 0. The van der Waals surface area contributed by atoms with E-state index in [0.29, 0.717) is 19.1 Å². The summed E-state index contributed by atoms with van der Waals surface area (Å²) in [6.45, 7) is 7.22. The molecule has 2 fully saturated rings. The monoisotopic (exact) mass is 454 g/mol. The number of likely N-dealkylation sites (tertiary alicyclic amines) is 1. The lowest BCUT2D eigenvalue weighted by Crippen LogP contribution is -2.47. The van der Waals surface area contributed by atoms with Gasteiger partial charge in [-0.05, 0) is 45.4 Å². The molecule has 2 aliphatic rings. The molecule has 1 saturated heterocycles. The van der Waals surface area contributed by atoms with Crippen LogP contribution < -0.4 is 10.6 Å². The molecule has 140 valence electrons. The van der Waals surface area contributed by atoms with Crippen molar-refractivity contribution in [2.75, 3.05) is 32.8 Å². The third kappa shape index (κ3) is 7.00. The number of amides is 1. The van der Waals surface area contributed by atoms with Gasteiger partial charge in [0.05, 0.1) is 25.3 Å². The van der Waals surface area contributed by atoms with Crippen LogP contribution in [0.5, 0.6) is 0 Å². The Morgan fingerprint density at radius 1 is 1.29 bits per heavy atom. The highest BCUT2D eigenvalue weighted by atomic mass is 127. The van der Waals surface area contributed by atoms with E-state index in [4.69, 9.17) is 9.73 Å². The van der Waals surface area contributed by atoms with Crippen LogP contribution in [-0.2, 0) is 4.74 Å². The van der Waals surface area contributed by atoms with E-state index in [-0.39, 0.29) is 42.2 Å². The number of ether oxygens (including phenoxy) is 1. The quantitative estimate of drug-likeness (QED) is 0.322. The molecule has 1 aliphatic carbocycles. The molecule has 24 heavy (non-hydrogen) atoms. The van der Waals surface area contributed by atoms with Crippen LogP contribution >= 0.6 is 24.0 Å². The first kappa shape index (κ1) is 21.3. The topological polar surface area (TPSA) is 86.2 Å². The van der Waals surface area contributed by atoms with Crippen LogP contribution in [0.1, 0.15) is 39.5 Å². The number of piperidine rings is 1. The van der Waals surface area contributed by atoms with Crippen molar-refractivity contribution in [3.63, 3.8) is 0 Å². The summed E-state index contributed by atoms with van der Waals surface area (Å²) in [5, 5.41) is 15.9. The first-order valence-electron chi connectivity index (χ1n) is 8.78. The van der Waals surface area contributed by atoms with Gasteiger partial charge in [-0.3, -0.25) is 4.99 Å². The number of halogens is 1. The smallest absolute Gasteiger partial charge is 0.407 e. The molecule has 3 N–H and O–H groups in total. The fourth-order valence-electron chi connectivity index (χ4n) is 2.82. The van der Waals surface area contributed by atoms with Gasteiger partial charge in [-0.15, -0.1) is 24.0 Å². The van der Waals surface area contributed by atoms with E-state index in [2.05, 4.69) is 15.5 Å². The summed E-state index contributed by atoms with van der Waals surface area (Å²) in [6.07, 6.45) is 3.28. The second kappa shape index (κ2) is 11.0. The molecule has 0 aromatic heterocycles. The molecule has 1 saturated carbocycles. The summed E-state index contributed by atoms with van der Waals surface area (Å²) in [4.78, 5) is 18.6. The van der Waals surface area contributed by atoms with Crippen LogP contribution in [-0.4, -0.2) is 67.0 Å². The predicted molar refractivity (Wildman–Crippen MR) is 105 cm³/mol. The summed E-state index contributed by atoms with van der Waals surface area (Å²) in [7, 11) is 0. The summed E-state index contributed by atoms with van der Waals surface area (Å²) in [5.74, 6) is 1.38. The molecule has 0 spiro atoms. The number of hydrogen-bond acceptors (Lipinski definition) is 4. The van der Waals surface area contributed by atoms with Crippen molar-refractivity contribution in [1.82, 2.24) is 15.5 Å². The minimum atomic E-state index is -0.356. The zero-order chi connectivity index (χ0) is 16.7. The van der Waals surface area contributed by atoms with Gasteiger partial charge in [0.2, 0.25) is 0 Å². The van der Waals surface area contributed by atoms with Crippen molar-refractivity contribution in [3.05, 3.63) is 0 Å². The van der Waals surface area contributed by atoms with Crippen LogP contribution in [0.2, 0.25) is 0 Å². The molecule has 1 unspecified atom stereocenters. The highest BCUT2D eigenvalue weighted by Crippen LogP contribution is 2.32. The number of carbonyl (C=O) groups is 1. The molecule has 1 heterocycles. The Bertz CT molecular complexity index is 410. The first-order chi connectivity index (χ1) is 11.1. The van der Waals surface area contributed by atoms with Crippen molar-refractivity contribution in [3.8, 4) is 0 Å². The number of aliphatic hydroxyl groups is 1. The van der Waals surface area contributed by atoms with Gasteiger partial charge in [-0.25, -0.2) is 4.79 Å². The van der Waals surface area contributed by atoms with E-state index in [1.807, 2.05) is 6.92 Å². The van der Waals surface area contributed by atoms with E-state index >= 15 is 0 Å². The van der Waals surface area contributed by atoms with Crippen LogP contribution in [0, 0.1) is 5.92 Å². The van der Waals surface area contributed by atoms with Gasteiger partial charge in [-0.1, -0.05) is 0 Å². The second-order valence-corrected chi connectivity index (χ2v) is 6.22. The first-order valence-corrected chi connectivity index (χ1v) is 8.78. The highest BCUT2D eigenvalue weighted by molar-refractivity contribution is 14.0. The van der Waals surface area contributed by atoms with Gasteiger partial charge in [0.25, 0.3) is 0 Å². The number of alkyl carbamates (subject to hydrolysis) is 1. The van der Waals surface area contributed by atoms with E-state index in [9.17, 15) is 9.90 Å². The molecule has 1 aliphatic heterocycles. The molecule has 0 radical (unpaired) electrons. The Labute approximate surface area is 161 Å². The number of guanidine groups is 1. The lowest BCUT2D eigenvalue weighted by Gasteiger charge is -2.32. The zero-order valence-electron chi connectivity index (χ0n) is 14.7. The summed E-state index contributed by atoms with van der Waals surface area (Å²) < 4.78 is 4.98. The SMILES string of the molecule is CCNC(=NCC(NC(=O)OCC)C1CC1)N1CCC(O)CC1.I. The predicted octanol–water partition coefficient (Wildman–Crippen LogP) is 1.55. The number of nitrogens with zero attached hydrogens (tertiary/aromatic N) is 2. The number of aliphatic hydroxyl groups excluding tert-OH is 1. The molecule has 0 bridgehead atoms. The van der Waals surface area contributed by atoms with Crippen molar-refractivity contribution < 1.29 is 14.6 Å². The molecule has 1 atom stereocenters. The van der Waals surface area contributed by atoms with Crippen molar-refractivity contribution >= 4 is 36.0 Å². The van der Waals surface area contributed by atoms with Crippen LogP contribution in [0.3, 0.4) is 0 Å². The summed E-state index contributed by atoms with van der Waals surface area (Å²) in [6, 6.07) is 0.0399. The van der Waals surface area contributed by atoms with Crippen LogP contribution in [0.15, 0.2) is 4.99 Å². The molecule has 0 aromatic carbocycles. The third-order valence-electron chi connectivity index (χ3n) is 4.31. The second-order valence-electron chi connectivity index (χ2n) is 6.22. The van der Waals surface area contributed by atoms with Gasteiger partial charge in [0, 0.05) is 19.6 Å². The fraction of sp³-hybridized carbons (Fsp3) is 0.875. The lowest BCUT2D eigenvalue weighted by atomic mass is 10.1. The highest BCUT2D eigenvalue weighted by Gasteiger charge is 2.32. The van der Waals surface area contributed by atoms with E-state index < -0.39 is 0 Å². The Hall–Kier alpha value is -0.770. The number of rotatable bonds is 6. The van der Waals surface area contributed by atoms with E-state index in [0.717, 1.165) is 51.3 Å². The Balaban J connectivity index is 0.00000288. The Kier molecular flexibility index (Phi) is 9.72. The molecule has 1 amide bonds. The lowest BCUT2D eigenvalue weighted by molar-refractivity contribution is 0.108. The Morgan fingerprint density at radius 2 is 1.96 bits per heavy atom. The Morgan fingerprint density at radius 3 is 2.50 bits per heavy atom. The van der Waals surface area contributed by atoms with Crippen LogP contribution in [0.4, 0.5) is 4.79 Å². The van der Waals surface area contributed by atoms with E-state index in [1.54, 1.807) is 6.92 Å². The maximum atomic E-state index is 11.7. The molecule has 7 nitrogen and oxygen atoms in total. The van der Waals surface area contributed by atoms with Gasteiger partial charge in [0.15, 0.2) is 5.96 Å². The number of aliphatic imine (C=N–C) groups is 1. The summed E-state index contributed by atoms with van der Waals surface area (Å²) >= 11 is 0. The molecule has 0 aromatic rings. The number of hydrogen-bond donors (Lipinski definition) is 3. The third-order valence-corrected chi connectivity index (χ3v) is 4.31. The van der Waals surface area contributed by atoms with Crippen molar-refractivity contribution in [1.29, 1.82) is 0 Å². The van der Waals surface area contributed by atoms with Gasteiger partial charge in [0.1, 0.15) is 0 Å². The standard InChI is InChI=1S/C16H30N4O3.HI/c1-3-17-15(20-9-7-13(21)8-10-20)18-11-14(12-5-6-12)19-16(22)23-4-2;/h12-14,21H,3-11H2,1-2H3,(H,17,18)(H,19,22);1H. The van der Waals surface area contributed by atoms with Gasteiger partial charge in [-0.2, -0.15) is 0 Å². The zero-order valence-corrected chi connectivity index (χ0v) is 17.0. The normalized spacial score (nSPS) is 20.1. The number of carbonyl (C=O) groups excluding carboxylic acids is 1. The van der Waals surface area contributed by atoms with Gasteiger partial charge >= 0.3 is 6.09 Å².